The van der Waals surface area contributed by atoms with Crippen molar-refractivity contribution in [2.45, 2.75) is 19.0 Å². The van der Waals surface area contributed by atoms with Crippen molar-refractivity contribution in [3.8, 4) is 5.75 Å². The predicted octanol–water partition coefficient (Wildman–Crippen LogP) is 1.45. The van der Waals surface area contributed by atoms with E-state index >= 15 is 0 Å². The molecule has 104 valence electrons. The SMILES string of the molecule is CN(Cc1ccc(O)cc1)C(=O)CC1CSCCN1. The molecular formula is C14H20N2O2S. The maximum Gasteiger partial charge on any atom is 0.224 e. The van der Waals surface area contributed by atoms with Gasteiger partial charge in [0.2, 0.25) is 5.91 Å². The van der Waals surface area contributed by atoms with Crippen LogP contribution in [0.25, 0.3) is 0 Å². The lowest BCUT2D eigenvalue weighted by Crippen LogP contribution is -2.41. The van der Waals surface area contributed by atoms with E-state index in [-0.39, 0.29) is 11.7 Å². The Kier molecular flexibility index (Phi) is 5.10. The number of nitrogens with zero attached hydrogens (tertiary/aromatic N) is 1. The number of phenolic OH excluding ortho intramolecular Hbond substituents is 1. The van der Waals surface area contributed by atoms with Gasteiger partial charge in [-0.05, 0) is 17.7 Å². The number of aromatic hydroxyl groups is 1. The molecule has 2 rings (SSSR count). The Bertz CT molecular complexity index is 416. The van der Waals surface area contributed by atoms with Gasteiger partial charge in [0.05, 0.1) is 0 Å². The van der Waals surface area contributed by atoms with Gasteiger partial charge < -0.3 is 15.3 Å². The van der Waals surface area contributed by atoms with Gasteiger partial charge in [0, 0.05) is 44.1 Å². The topological polar surface area (TPSA) is 52.6 Å². The molecule has 0 aromatic heterocycles. The largest absolute Gasteiger partial charge is 0.508 e. The van der Waals surface area contributed by atoms with E-state index in [9.17, 15) is 9.90 Å². The highest BCUT2D eigenvalue weighted by Gasteiger charge is 2.19. The van der Waals surface area contributed by atoms with E-state index in [4.69, 9.17) is 0 Å². The van der Waals surface area contributed by atoms with Gasteiger partial charge in [-0.1, -0.05) is 12.1 Å². The first-order valence-electron chi connectivity index (χ1n) is 6.48. The molecule has 1 saturated heterocycles. The summed E-state index contributed by atoms with van der Waals surface area (Å²) in [6.07, 6.45) is 0.557. The lowest BCUT2D eigenvalue weighted by molar-refractivity contribution is -0.130. The Labute approximate surface area is 118 Å². The molecule has 0 saturated carbocycles. The fourth-order valence-corrected chi connectivity index (χ4v) is 3.03. The summed E-state index contributed by atoms with van der Waals surface area (Å²) in [6.45, 7) is 1.57. The van der Waals surface area contributed by atoms with Gasteiger partial charge in [-0.15, -0.1) is 0 Å². The molecule has 1 aliphatic rings. The van der Waals surface area contributed by atoms with Gasteiger partial charge in [-0.3, -0.25) is 4.79 Å². The fraction of sp³-hybridized carbons (Fsp3) is 0.500. The lowest BCUT2D eigenvalue weighted by atomic mass is 10.1. The van der Waals surface area contributed by atoms with Crippen LogP contribution in [0.3, 0.4) is 0 Å². The lowest BCUT2D eigenvalue weighted by Gasteiger charge is -2.25. The molecule has 5 heteroatoms. The molecule has 1 unspecified atom stereocenters. The number of thioether (sulfide) groups is 1. The molecule has 1 aromatic rings. The number of benzene rings is 1. The molecule has 1 aromatic carbocycles. The van der Waals surface area contributed by atoms with Crippen molar-refractivity contribution < 1.29 is 9.90 Å². The molecule has 0 bridgehead atoms. The third-order valence-corrected chi connectivity index (χ3v) is 4.33. The first kappa shape index (κ1) is 14.2. The number of hydrogen-bond donors (Lipinski definition) is 2. The zero-order valence-electron chi connectivity index (χ0n) is 11.1. The Balaban J connectivity index is 1.83. The molecule has 2 N–H and O–H groups in total. The van der Waals surface area contributed by atoms with E-state index < -0.39 is 0 Å². The first-order valence-corrected chi connectivity index (χ1v) is 7.63. The third-order valence-electron chi connectivity index (χ3n) is 3.20. The molecule has 1 amide bonds. The summed E-state index contributed by atoms with van der Waals surface area (Å²) < 4.78 is 0. The highest BCUT2D eigenvalue weighted by Crippen LogP contribution is 2.14. The maximum absolute atomic E-state index is 12.1. The second kappa shape index (κ2) is 6.82. The zero-order chi connectivity index (χ0) is 13.7. The number of carbonyl (C=O) groups excluding carboxylic acids is 1. The van der Waals surface area contributed by atoms with Gasteiger partial charge >= 0.3 is 0 Å². The van der Waals surface area contributed by atoms with Gasteiger partial charge in [0.1, 0.15) is 5.75 Å². The summed E-state index contributed by atoms with van der Waals surface area (Å²) in [6, 6.07) is 7.27. The third kappa shape index (κ3) is 4.44. The van der Waals surface area contributed by atoms with Crippen molar-refractivity contribution >= 4 is 17.7 Å². The second-order valence-electron chi connectivity index (χ2n) is 4.85. The first-order chi connectivity index (χ1) is 9.15. The molecular weight excluding hydrogens is 260 g/mol. The number of phenols is 1. The van der Waals surface area contributed by atoms with Crippen molar-refractivity contribution in [3.05, 3.63) is 29.8 Å². The van der Waals surface area contributed by atoms with Crippen LogP contribution >= 0.6 is 11.8 Å². The summed E-state index contributed by atoms with van der Waals surface area (Å²) in [4.78, 5) is 13.9. The molecule has 4 nitrogen and oxygen atoms in total. The maximum atomic E-state index is 12.1. The standard InChI is InChI=1S/C14H20N2O2S/c1-16(9-11-2-4-13(17)5-3-11)14(18)8-12-10-19-7-6-15-12/h2-5,12,15,17H,6-10H2,1H3. The van der Waals surface area contributed by atoms with Crippen molar-refractivity contribution in [2.24, 2.45) is 0 Å². The van der Waals surface area contributed by atoms with Crippen LogP contribution in [-0.4, -0.2) is 47.1 Å². The van der Waals surface area contributed by atoms with Crippen LogP contribution < -0.4 is 5.32 Å². The minimum Gasteiger partial charge on any atom is -0.508 e. The number of amides is 1. The Morgan fingerprint density at radius 1 is 1.47 bits per heavy atom. The monoisotopic (exact) mass is 280 g/mol. The summed E-state index contributed by atoms with van der Waals surface area (Å²) in [7, 11) is 1.82. The van der Waals surface area contributed by atoms with E-state index in [1.165, 1.54) is 0 Å². The van der Waals surface area contributed by atoms with E-state index in [1.54, 1.807) is 17.0 Å². The average molecular weight is 280 g/mol. The normalized spacial score (nSPS) is 19.1. The highest BCUT2D eigenvalue weighted by atomic mass is 32.2. The van der Waals surface area contributed by atoms with Crippen molar-refractivity contribution in [1.29, 1.82) is 0 Å². The Morgan fingerprint density at radius 3 is 2.84 bits per heavy atom. The minimum atomic E-state index is 0.160. The van der Waals surface area contributed by atoms with Gasteiger partial charge in [0.15, 0.2) is 0 Å². The van der Waals surface area contributed by atoms with Crippen LogP contribution in [0.15, 0.2) is 24.3 Å². The Morgan fingerprint density at radius 2 is 2.21 bits per heavy atom. The van der Waals surface area contributed by atoms with Gasteiger partial charge in [-0.25, -0.2) is 0 Å². The van der Waals surface area contributed by atoms with Crippen LogP contribution in [0, 0.1) is 0 Å². The molecule has 0 radical (unpaired) electrons. The molecule has 1 fully saturated rings. The predicted molar refractivity (Wildman–Crippen MR) is 78.3 cm³/mol. The average Bonchev–Trinajstić information content (AvgIpc) is 2.42. The molecule has 1 heterocycles. The van der Waals surface area contributed by atoms with Crippen molar-refractivity contribution in [3.63, 3.8) is 0 Å². The van der Waals surface area contributed by atoms with Crippen molar-refractivity contribution in [2.75, 3.05) is 25.1 Å². The molecule has 19 heavy (non-hydrogen) atoms. The number of rotatable bonds is 4. The van der Waals surface area contributed by atoms with Gasteiger partial charge in [-0.2, -0.15) is 11.8 Å². The summed E-state index contributed by atoms with van der Waals surface area (Å²) >= 11 is 1.90. The number of hydrogen-bond acceptors (Lipinski definition) is 4. The summed E-state index contributed by atoms with van der Waals surface area (Å²) in [5.41, 5.74) is 1.03. The molecule has 1 atom stereocenters. The van der Waals surface area contributed by atoms with E-state index in [0.717, 1.165) is 23.6 Å². The van der Waals surface area contributed by atoms with Crippen LogP contribution in [0.4, 0.5) is 0 Å². The van der Waals surface area contributed by atoms with Crippen LogP contribution in [0.1, 0.15) is 12.0 Å². The second-order valence-corrected chi connectivity index (χ2v) is 6.00. The summed E-state index contributed by atoms with van der Waals surface area (Å²) in [5, 5.41) is 12.6. The van der Waals surface area contributed by atoms with Gasteiger partial charge in [0.25, 0.3) is 0 Å². The van der Waals surface area contributed by atoms with Crippen LogP contribution in [0.5, 0.6) is 5.75 Å². The quantitative estimate of drug-likeness (QED) is 0.876. The fourth-order valence-electron chi connectivity index (χ4n) is 2.08. The van der Waals surface area contributed by atoms with E-state index in [1.807, 2.05) is 30.9 Å². The molecule has 0 aliphatic carbocycles. The van der Waals surface area contributed by atoms with Crippen LogP contribution in [-0.2, 0) is 11.3 Å². The number of nitrogens with one attached hydrogen (secondary N) is 1. The highest BCUT2D eigenvalue weighted by molar-refractivity contribution is 7.99. The molecule has 0 spiro atoms. The van der Waals surface area contributed by atoms with E-state index in [2.05, 4.69) is 5.32 Å². The van der Waals surface area contributed by atoms with Crippen molar-refractivity contribution in [1.82, 2.24) is 10.2 Å². The molecule has 1 aliphatic heterocycles. The number of carbonyl (C=O) groups is 1. The summed E-state index contributed by atoms with van der Waals surface area (Å²) in [5.74, 6) is 2.56. The smallest absolute Gasteiger partial charge is 0.224 e. The Hall–Kier alpha value is -1.20. The van der Waals surface area contributed by atoms with E-state index in [0.29, 0.717) is 19.0 Å². The van der Waals surface area contributed by atoms with Crippen LogP contribution in [0.2, 0.25) is 0 Å². The minimum absolute atomic E-state index is 0.160. The zero-order valence-corrected chi connectivity index (χ0v) is 11.9.